The van der Waals surface area contributed by atoms with Gasteiger partial charge in [-0.2, -0.15) is 5.26 Å². The molecule has 138 valence electrons. The second kappa shape index (κ2) is 12.7. The van der Waals surface area contributed by atoms with Gasteiger partial charge in [0, 0.05) is 26.2 Å². The molecule has 6 nitrogen and oxygen atoms in total. The average Bonchev–Trinajstić information content (AvgIpc) is 3.25. The van der Waals surface area contributed by atoms with E-state index in [1.54, 1.807) is 0 Å². The van der Waals surface area contributed by atoms with Gasteiger partial charge in [0.15, 0.2) is 5.96 Å². The minimum absolute atomic E-state index is 0. The molecule has 3 atom stereocenters. The monoisotopic (exact) mass is 450 g/mol. The average molecular weight is 450 g/mol. The van der Waals surface area contributed by atoms with Crippen LogP contribution in [0.4, 0.5) is 0 Å². The summed E-state index contributed by atoms with van der Waals surface area (Å²) < 4.78 is 11.4. The van der Waals surface area contributed by atoms with Crippen molar-refractivity contribution >= 4 is 29.9 Å². The van der Waals surface area contributed by atoms with Crippen molar-refractivity contribution < 1.29 is 9.47 Å². The molecule has 2 saturated heterocycles. The van der Waals surface area contributed by atoms with Crippen LogP contribution in [0.3, 0.4) is 0 Å². The van der Waals surface area contributed by atoms with E-state index in [1.165, 1.54) is 0 Å². The van der Waals surface area contributed by atoms with Crippen LogP contribution in [0.2, 0.25) is 0 Å². The van der Waals surface area contributed by atoms with Crippen LogP contribution < -0.4 is 10.6 Å². The highest BCUT2D eigenvalue weighted by Crippen LogP contribution is 2.15. The Morgan fingerprint density at radius 3 is 2.71 bits per heavy atom. The first-order valence-electron chi connectivity index (χ1n) is 8.94. The molecule has 2 fully saturated rings. The first-order valence-corrected chi connectivity index (χ1v) is 8.94. The molecule has 2 aliphatic heterocycles. The SMILES string of the molecule is CC(NC(=NCC1CCCO1)NCCCCC#N)C1CCCO1.I. The van der Waals surface area contributed by atoms with Gasteiger partial charge >= 0.3 is 0 Å². The summed E-state index contributed by atoms with van der Waals surface area (Å²) >= 11 is 0. The zero-order valence-electron chi connectivity index (χ0n) is 14.6. The number of nitrogens with zero attached hydrogens (tertiary/aromatic N) is 2. The molecule has 0 aromatic rings. The summed E-state index contributed by atoms with van der Waals surface area (Å²) in [6.07, 6.45) is 7.51. The van der Waals surface area contributed by atoms with Gasteiger partial charge in [-0.3, -0.25) is 4.99 Å². The van der Waals surface area contributed by atoms with Crippen molar-refractivity contribution in [1.29, 1.82) is 5.26 Å². The van der Waals surface area contributed by atoms with Crippen LogP contribution in [0, 0.1) is 11.3 Å². The fourth-order valence-corrected chi connectivity index (χ4v) is 2.98. The Morgan fingerprint density at radius 1 is 1.25 bits per heavy atom. The lowest BCUT2D eigenvalue weighted by Gasteiger charge is -2.23. The first kappa shape index (κ1) is 21.5. The second-order valence-corrected chi connectivity index (χ2v) is 6.35. The topological polar surface area (TPSA) is 78.7 Å². The zero-order chi connectivity index (χ0) is 16.3. The summed E-state index contributed by atoms with van der Waals surface area (Å²) in [7, 11) is 0. The molecule has 0 radical (unpaired) electrons. The fourth-order valence-electron chi connectivity index (χ4n) is 2.98. The van der Waals surface area contributed by atoms with Crippen molar-refractivity contribution in [3.8, 4) is 6.07 Å². The number of aliphatic imine (C=N–C) groups is 1. The number of nitriles is 1. The largest absolute Gasteiger partial charge is 0.376 e. The Balaban J connectivity index is 0.00000288. The molecule has 0 saturated carbocycles. The maximum Gasteiger partial charge on any atom is 0.191 e. The van der Waals surface area contributed by atoms with Crippen LogP contribution in [-0.2, 0) is 9.47 Å². The Hall–Kier alpha value is -0.590. The van der Waals surface area contributed by atoms with E-state index in [2.05, 4.69) is 28.6 Å². The molecule has 0 aromatic carbocycles. The number of nitrogens with one attached hydrogen (secondary N) is 2. The number of unbranched alkanes of at least 4 members (excludes halogenated alkanes) is 2. The van der Waals surface area contributed by atoms with Crippen molar-refractivity contribution in [2.45, 2.75) is 70.1 Å². The molecular formula is C17H31IN4O2. The molecule has 7 heteroatoms. The van der Waals surface area contributed by atoms with Gasteiger partial charge in [-0.1, -0.05) is 0 Å². The normalized spacial score (nSPS) is 24.9. The van der Waals surface area contributed by atoms with Gasteiger partial charge in [0.2, 0.25) is 0 Å². The summed E-state index contributed by atoms with van der Waals surface area (Å²) in [5.74, 6) is 0.834. The standard InChI is InChI=1S/C17H30N4O2.HI/c1-14(16-8-6-12-23-16)21-17(19-10-4-2-3-9-18)20-13-15-7-5-11-22-15;/h14-16H,2-8,10-13H2,1H3,(H2,19,20,21);1H. The van der Waals surface area contributed by atoms with E-state index >= 15 is 0 Å². The summed E-state index contributed by atoms with van der Waals surface area (Å²) in [6.45, 7) is 5.40. The summed E-state index contributed by atoms with van der Waals surface area (Å²) in [4.78, 5) is 4.68. The van der Waals surface area contributed by atoms with Crippen molar-refractivity contribution in [3.63, 3.8) is 0 Å². The molecular weight excluding hydrogens is 419 g/mol. The number of hydrogen-bond acceptors (Lipinski definition) is 4. The van der Waals surface area contributed by atoms with Crippen LogP contribution in [0.15, 0.2) is 4.99 Å². The Morgan fingerprint density at radius 2 is 2.04 bits per heavy atom. The van der Waals surface area contributed by atoms with Crippen LogP contribution in [0.5, 0.6) is 0 Å². The van der Waals surface area contributed by atoms with Gasteiger partial charge in [-0.05, 0) is 45.4 Å². The zero-order valence-corrected chi connectivity index (χ0v) is 17.0. The molecule has 2 heterocycles. The number of rotatable bonds is 8. The van der Waals surface area contributed by atoms with Crippen LogP contribution >= 0.6 is 24.0 Å². The number of halogens is 1. The van der Waals surface area contributed by atoms with E-state index in [9.17, 15) is 0 Å². The maximum atomic E-state index is 8.59. The Labute approximate surface area is 162 Å². The Bertz CT molecular complexity index is 402. The van der Waals surface area contributed by atoms with Crippen molar-refractivity contribution in [1.82, 2.24) is 10.6 Å². The third kappa shape index (κ3) is 7.99. The van der Waals surface area contributed by atoms with E-state index in [0.29, 0.717) is 13.0 Å². The second-order valence-electron chi connectivity index (χ2n) is 6.35. The minimum atomic E-state index is 0. The van der Waals surface area contributed by atoms with Gasteiger partial charge < -0.3 is 20.1 Å². The lowest BCUT2D eigenvalue weighted by Crippen LogP contribution is -2.47. The van der Waals surface area contributed by atoms with Gasteiger partial charge in [0.1, 0.15) is 0 Å². The van der Waals surface area contributed by atoms with Crippen molar-refractivity contribution in [3.05, 3.63) is 0 Å². The van der Waals surface area contributed by atoms with E-state index < -0.39 is 0 Å². The highest BCUT2D eigenvalue weighted by atomic mass is 127. The molecule has 0 aromatic heterocycles. The van der Waals surface area contributed by atoms with Gasteiger partial charge in [0.25, 0.3) is 0 Å². The molecule has 0 aliphatic carbocycles. The Kier molecular flexibility index (Phi) is 11.4. The third-order valence-corrected chi connectivity index (χ3v) is 4.37. The van der Waals surface area contributed by atoms with Crippen LogP contribution in [0.25, 0.3) is 0 Å². The van der Waals surface area contributed by atoms with E-state index in [-0.39, 0.29) is 42.2 Å². The number of ether oxygens (including phenoxy) is 2. The van der Waals surface area contributed by atoms with Gasteiger partial charge in [0.05, 0.1) is 30.9 Å². The quantitative estimate of drug-likeness (QED) is 0.257. The molecule has 2 N–H and O–H groups in total. The molecule has 0 spiro atoms. The molecule has 2 aliphatic rings. The lowest BCUT2D eigenvalue weighted by molar-refractivity contribution is 0.0889. The van der Waals surface area contributed by atoms with E-state index in [4.69, 9.17) is 14.7 Å². The third-order valence-electron chi connectivity index (χ3n) is 4.37. The highest BCUT2D eigenvalue weighted by molar-refractivity contribution is 14.0. The molecule has 2 rings (SSSR count). The molecule has 3 unspecified atom stereocenters. The van der Waals surface area contributed by atoms with Crippen LogP contribution in [0.1, 0.15) is 51.9 Å². The summed E-state index contributed by atoms with van der Waals surface area (Å²) in [6, 6.07) is 2.42. The predicted octanol–water partition coefficient (Wildman–Crippen LogP) is 2.58. The minimum Gasteiger partial charge on any atom is -0.376 e. The first-order chi connectivity index (χ1) is 11.3. The molecule has 0 bridgehead atoms. The highest BCUT2D eigenvalue weighted by Gasteiger charge is 2.23. The number of guanidine groups is 1. The summed E-state index contributed by atoms with van der Waals surface area (Å²) in [5, 5.41) is 15.4. The summed E-state index contributed by atoms with van der Waals surface area (Å²) in [5.41, 5.74) is 0. The maximum absolute atomic E-state index is 8.59. The fraction of sp³-hybridized carbons (Fsp3) is 0.882. The van der Waals surface area contributed by atoms with Crippen molar-refractivity contribution in [2.24, 2.45) is 4.99 Å². The smallest absolute Gasteiger partial charge is 0.191 e. The number of hydrogen-bond donors (Lipinski definition) is 2. The molecule has 0 amide bonds. The molecule has 24 heavy (non-hydrogen) atoms. The van der Waals surface area contributed by atoms with E-state index in [1.807, 2.05) is 0 Å². The van der Waals surface area contributed by atoms with Gasteiger partial charge in [-0.15, -0.1) is 24.0 Å². The predicted molar refractivity (Wildman–Crippen MR) is 106 cm³/mol. The van der Waals surface area contributed by atoms with Crippen LogP contribution in [-0.4, -0.2) is 50.5 Å². The van der Waals surface area contributed by atoms with E-state index in [0.717, 1.165) is 64.2 Å². The lowest BCUT2D eigenvalue weighted by atomic mass is 10.1. The van der Waals surface area contributed by atoms with Crippen molar-refractivity contribution in [2.75, 3.05) is 26.3 Å². The van der Waals surface area contributed by atoms with Gasteiger partial charge in [-0.25, -0.2) is 0 Å².